The molecule has 2 aromatic rings. The first-order valence-corrected chi connectivity index (χ1v) is 7.30. The largest absolute Gasteiger partial charge is 0.478 e. The summed E-state index contributed by atoms with van der Waals surface area (Å²) in [6.45, 7) is 2.67. The highest BCUT2D eigenvalue weighted by molar-refractivity contribution is 5.88. The summed E-state index contributed by atoms with van der Waals surface area (Å²) >= 11 is 0. The predicted molar refractivity (Wildman–Crippen MR) is 83.9 cm³/mol. The summed E-state index contributed by atoms with van der Waals surface area (Å²) in [5.74, 6) is -0.0990. The average Bonchev–Trinajstić information content (AvgIpc) is 3.31. The van der Waals surface area contributed by atoms with Crippen molar-refractivity contribution in [1.82, 2.24) is 0 Å². The topological polar surface area (TPSA) is 49.3 Å². The van der Waals surface area contributed by atoms with Crippen molar-refractivity contribution in [2.24, 2.45) is 0 Å². The van der Waals surface area contributed by atoms with Gasteiger partial charge in [0.15, 0.2) is 0 Å². The Bertz CT molecular complexity index is 657. The Balaban J connectivity index is 1.65. The number of rotatable bonds is 5. The zero-order chi connectivity index (χ0) is 14.8. The van der Waals surface area contributed by atoms with Gasteiger partial charge in [-0.2, -0.15) is 0 Å². The third-order valence-corrected chi connectivity index (χ3v) is 3.98. The minimum absolute atomic E-state index is 0.326. The van der Waals surface area contributed by atoms with Gasteiger partial charge in [-0.1, -0.05) is 24.3 Å². The van der Waals surface area contributed by atoms with E-state index in [4.69, 9.17) is 5.11 Å². The molecule has 0 radical (unpaired) electrons. The monoisotopic (exact) mass is 281 g/mol. The molecule has 21 heavy (non-hydrogen) atoms. The number of anilines is 1. The van der Waals surface area contributed by atoms with Crippen molar-refractivity contribution in [2.45, 2.75) is 32.2 Å². The van der Waals surface area contributed by atoms with Crippen molar-refractivity contribution >= 4 is 11.7 Å². The van der Waals surface area contributed by atoms with Gasteiger partial charge in [-0.25, -0.2) is 4.79 Å². The zero-order valence-electron chi connectivity index (χ0n) is 12.1. The van der Waals surface area contributed by atoms with Gasteiger partial charge in [-0.15, -0.1) is 0 Å². The fourth-order valence-corrected chi connectivity index (χ4v) is 2.52. The summed E-state index contributed by atoms with van der Waals surface area (Å²) in [7, 11) is 0. The van der Waals surface area contributed by atoms with Gasteiger partial charge in [0, 0.05) is 12.2 Å². The van der Waals surface area contributed by atoms with E-state index < -0.39 is 5.97 Å². The van der Waals surface area contributed by atoms with E-state index in [2.05, 4.69) is 29.6 Å². The maximum absolute atomic E-state index is 10.9. The first kappa shape index (κ1) is 13.7. The first-order valence-electron chi connectivity index (χ1n) is 7.30. The van der Waals surface area contributed by atoms with E-state index in [1.807, 2.05) is 13.0 Å². The van der Waals surface area contributed by atoms with Gasteiger partial charge in [0.05, 0.1) is 5.56 Å². The quantitative estimate of drug-likeness (QED) is 0.864. The molecule has 0 heterocycles. The summed E-state index contributed by atoms with van der Waals surface area (Å²) in [6.07, 6.45) is 2.65. The minimum Gasteiger partial charge on any atom is -0.478 e. The molecule has 0 saturated heterocycles. The predicted octanol–water partition coefficient (Wildman–Crippen LogP) is 4.18. The number of benzene rings is 2. The maximum atomic E-state index is 10.9. The molecule has 0 atom stereocenters. The molecule has 1 aliphatic rings. The summed E-state index contributed by atoms with van der Waals surface area (Å²) in [4.78, 5) is 10.9. The van der Waals surface area contributed by atoms with E-state index in [9.17, 15) is 4.79 Å². The van der Waals surface area contributed by atoms with E-state index in [0.29, 0.717) is 5.56 Å². The van der Waals surface area contributed by atoms with Crippen LogP contribution in [-0.2, 0) is 6.54 Å². The van der Waals surface area contributed by atoms with Crippen LogP contribution in [-0.4, -0.2) is 11.1 Å². The Hall–Kier alpha value is -2.29. The molecule has 3 rings (SSSR count). The fraction of sp³-hybridized carbons (Fsp3) is 0.278. The molecule has 0 aromatic heterocycles. The molecule has 108 valence electrons. The number of nitrogens with one attached hydrogen (secondary N) is 1. The summed E-state index contributed by atoms with van der Waals surface area (Å²) in [5, 5.41) is 12.3. The van der Waals surface area contributed by atoms with Crippen LogP contribution in [0.3, 0.4) is 0 Å². The van der Waals surface area contributed by atoms with Crippen molar-refractivity contribution in [1.29, 1.82) is 0 Å². The first-order chi connectivity index (χ1) is 10.1. The van der Waals surface area contributed by atoms with Gasteiger partial charge < -0.3 is 10.4 Å². The summed E-state index contributed by atoms with van der Waals surface area (Å²) in [5.41, 5.74) is 4.93. The van der Waals surface area contributed by atoms with Crippen LogP contribution < -0.4 is 5.32 Å². The van der Waals surface area contributed by atoms with Crippen molar-refractivity contribution in [3.63, 3.8) is 0 Å². The highest BCUT2D eigenvalue weighted by atomic mass is 16.4. The Morgan fingerprint density at radius 3 is 2.48 bits per heavy atom. The highest BCUT2D eigenvalue weighted by Gasteiger charge is 2.22. The molecule has 2 aromatic carbocycles. The molecule has 0 unspecified atom stereocenters. The van der Waals surface area contributed by atoms with Crippen LogP contribution in [0.25, 0.3) is 0 Å². The van der Waals surface area contributed by atoms with Gasteiger partial charge >= 0.3 is 5.97 Å². The molecule has 1 fully saturated rings. The number of carbonyl (C=O) groups is 1. The molecular weight excluding hydrogens is 262 g/mol. The molecule has 3 heteroatoms. The maximum Gasteiger partial charge on any atom is 0.335 e. The van der Waals surface area contributed by atoms with Crippen LogP contribution in [0.15, 0.2) is 42.5 Å². The molecule has 3 nitrogen and oxygen atoms in total. The van der Waals surface area contributed by atoms with Gasteiger partial charge in [0.2, 0.25) is 0 Å². The van der Waals surface area contributed by atoms with Crippen LogP contribution >= 0.6 is 0 Å². The molecule has 0 spiro atoms. The van der Waals surface area contributed by atoms with Crippen LogP contribution in [0, 0.1) is 6.92 Å². The second-order valence-corrected chi connectivity index (χ2v) is 5.70. The number of aryl methyl sites for hydroxylation is 1. The third kappa shape index (κ3) is 3.24. The minimum atomic E-state index is -0.889. The third-order valence-electron chi connectivity index (χ3n) is 3.98. The number of carboxylic acid groups (broad SMARTS) is 1. The lowest BCUT2D eigenvalue weighted by Gasteiger charge is -2.11. The van der Waals surface area contributed by atoms with E-state index >= 15 is 0 Å². The summed E-state index contributed by atoms with van der Waals surface area (Å²) in [6, 6.07) is 13.9. The van der Waals surface area contributed by atoms with Crippen molar-refractivity contribution < 1.29 is 9.90 Å². The van der Waals surface area contributed by atoms with Crippen molar-refractivity contribution in [3.05, 3.63) is 64.7 Å². The van der Waals surface area contributed by atoms with Crippen LogP contribution in [0.5, 0.6) is 0 Å². The Kier molecular flexibility index (Phi) is 3.65. The number of hydrogen-bond acceptors (Lipinski definition) is 2. The van der Waals surface area contributed by atoms with E-state index in [1.54, 1.807) is 12.1 Å². The van der Waals surface area contributed by atoms with Crippen LogP contribution in [0.1, 0.15) is 45.8 Å². The molecule has 0 aliphatic heterocycles. The normalized spacial score (nSPS) is 14.0. The van der Waals surface area contributed by atoms with E-state index in [1.165, 1.54) is 24.0 Å². The van der Waals surface area contributed by atoms with Crippen molar-refractivity contribution in [3.8, 4) is 0 Å². The molecule has 0 amide bonds. The van der Waals surface area contributed by atoms with Crippen LogP contribution in [0.4, 0.5) is 5.69 Å². The number of carboxylic acids is 1. The standard InChI is InChI=1S/C18H19NO2/c1-12-10-16(18(20)21)8-9-17(12)19-11-13-2-4-14(5-3-13)15-6-7-15/h2-5,8-10,15,19H,6-7,11H2,1H3,(H,20,21). The van der Waals surface area contributed by atoms with Gasteiger partial charge in [0.1, 0.15) is 0 Å². The Morgan fingerprint density at radius 2 is 1.90 bits per heavy atom. The number of hydrogen-bond donors (Lipinski definition) is 2. The second-order valence-electron chi connectivity index (χ2n) is 5.70. The zero-order valence-corrected chi connectivity index (χ0v) is 12.1. The molecular formula is C18H19NO2. The molecule has 0 bridgehead atoms. The van der Waals surface area contributed by atoms with Gasteiger partial charge in [-0.05, 0) is 60.6 Å². The Morgan fingerprint density at radius 1 is 1.19 bits per heavy atom. The average molecular weight is 281 g/mol. The lowest BCUT2D eigenvalue weighted by Crippen LogP contribution is -2.03. The van der Waals surface area contributed by atoms with Crippen LogP contribution in [0.2, 0.25) is 0 Å². The lowest BCUT2D eigenvalue weighted by atomic mass is 10.1. The Labute approximate surface area is 124 Å². The number of aromatic carboxylic acids is 1. The molecule has 2 N–H and O–H groups in total. The lowest BCUT2D eigenvalue weighted by molar-refractivity contribution is 0.0697. The fourth-order valence-electron chi connectivity index (χ4n) is 2.52. The highest BCUT2D eigenvalue weighted by Crippen LogP contribution is 2.39. The molecule has 1 aliphatic carbocycles. The molecule has 1 saturated carbocycles. The second kappa shape index (κ2) is 5.60. The smallest absolute Gasteiger partial charge is 0.335 e. The summed E-state index contributed by atoms with van der Waals surface area (Å²) < 4.78 is 0. The van der Waals surface area contributed by atoms with E-state index in [-0.39, 0.29) is 0 Å². The van der Waals surface area contributed by atoms with E-state index in [0.717, 1.165) is 23.7 Å². The van der Waals surface area contributed by atoms with Gasteiger partial charge in [0.25, 0.3) is 0 Å². The van der Waals surface area contributed by atoms with Crippen molar-refractivity contribution in [2.75, 3.05) is 5.32 Å². The van der Waals surface area contributed by atoms with Gasteiger partial charge in [-0.3, -0.25) is 0 Å². The SMILES string of the molecule is Cc1cc(C(=O)O)ccc1NCc1ccc(C2CC2)cc1.